The summed E-state index contributed by atoms with van der Waals surface area (Å²) in [6.45, 7) is 0. The van der Waals surface area contributed by atoms with Crippen LogP contribution >= 0.6 is 0 Å². The van der Waals surface area contributed by atoms with Gasteiger partial charge in [-0.3, -0.25) is 14.4 Å². The monoisotopic (exact) mass is 417 g/mol. The third-order valence-corrected chi connectivity index (χ3v) is 4.63. The van der Waals surface area contributed by atoms with Crippen molar-refractivity contribution in [2.45, 2.75) is 0 Å². The van der Waals surface area contributed by atoms with Crippen LogP contribution in [0.3, 0.4) is 0 Å². The van der Waals surface area contributed by atoms with Crippen molar-refractivity contribution in [3.63, 3.8) is 0 Å². The Bertz CT molecular complexity index is 1170. The summed E-state index contributed by atoms with van der Waals surface area (Å²) in [6.07, 6.45) is 0.544. The van der Waals surface area contributed by atoms with Gasteiger partial charge < -0.3 is 21.1 Å². The summed E-state index contributed by atoms with van der Waals surface area (Å²) in [5, 5.41) is 11.7. The molecule has 0 radical (unpaired) electrons. The molecule has 3 aromatic rings. The highest BCUT2D eigenvalue weighted by Crippen LogP contribution is 2.20. The van der Waals surface area contributed by atoms with Crippen LogP contribution in [0.5, 0.6) is 0 Å². The quantitative estimate of drug-likeness (QED) is 0.417. The Morgan fingerprint density at radius 2 is 1.68 bits per heavy atom. The van der Waals surface area contributed by atoms with Gasteiger partial charge in [-0.25, -0.2) is 4.79 Å². The molecule has 4 N–H and O–H groups in total. The van der Waals surface area contributed by atoms with Crippen molar-refractivity contribution in [1.29, 1.82) is 0 Å². The van der Waals surface area contributed by atoms with Gasteiger partial charge in [-0.15, -0.1) is 0 Å². The Morgan fingerprint density at radius 1 is 0.968 bits per heavy atom. The summed E-state index contributed by atoms with van der Waals surface area (Å²) in [7, 11) is 1.55. The first kappa shape index (κ1) is 21.3. The molecule has 0 saturated heterocycles. The highest BCUT2D eigenvalue weighted by molar-refractivity contribution is 6.12. The summed E-state index contributed by atoms with van der Waals surface area (Å²) < 4.78 is 0. The van der Waals surface area contributed by atoms with Crippen LogP contribution in [0.15, 0.2) is 66.7 Å². The zero-order chi connectivity index (χ0) is 22.5. The Morgan fingerprint density at radius 3 is 2.32 bits per heavy atom. The van der Waals surface area contributed by atoms with Gasteiger partial charge in [0, 0.05) is 35.2 Å². The van der Waals surface area contributed by atoms with E-state index >= 15 is 0 Å². The second-order valence-corrected chi connectivity index (χ2v) is 6.72. The van der Waals surface area contributed by atoms with Crippen LogP contribution in [-0.2, 0) is 0 Å². The maximum atomic E-state index is 13.0. The van der Waals surface area contributed by atoms with E-state index in [2.05, 4.69) is 5.32 Å². The van der Waals surface area contributed by atoms with Crippen LogP contribution in [0.4, 0.5) is 17.1 Å². The first-order valence-electron chi connectivity index (χ1n) is 9.17. The smallest absolute Gasteiger partial charge is 0.335 e. The Kier molecular flexibility index (Phi) is 6.11. The maximum absolute atomic E-state index is 13.0. The molecule has 0 heterocycles. The fourth-order valence-corrected chi connectivity index (χ4v) is 2.91. The third-order valence-electron chi connectivity index (χ3n) is 4.63. The molecular formula is C23H19N3O5. The molecule has 0 saturated carbocycles. The molecule has 3 rings (SSSR count). The highest BCUT2D eigenvalue weighted by atomic mass is 16.4. The minimum absolute atomic E-state index is 0.0232. The number of nitrogen functional groups attached to an aromatic ring is 1. The SMILES string of the molecule is CN(C(=O)c1cc(C(=O)Nc2cccc(C(=O)O)c2)ccc1C=O)c1ccc(N)cc1. The molecular weight excluding hydrogens is 398 g/mol. The molecule has 156 valence electrons. The summed E-state index contributed by atoms with van der Waals surface area (Å²) in [5.74, 6) is -2.15. The third kappa shape index (κ3) is 4.76. The molecule has 0 aliphatic rings. The lowest BCUT2D eigenvalue weighted by Gasteiger charge is -2.19. The predicted octanol–water partition coefficient (Wildman–Crippen LogP) is 3.31. The number of carbonyl (C=O) groups excluding carboxylic acids is 3. The van der Waals surface area contributed by atoms with Crippen molar-refractivity contribution in [2.75, 3.05) is 23.0 Å². The summed E-state index contributed by atoms with van der Waals surface area (Å²) in [4.78, 5) is 49.6. The van der Waals surface area contributed by atoms with Gasteiger partial charge in [0.25, 0.3) is 11.8 Å². The second kappa shape index (κ2) is 8.91. The van der Waals surface area contributed by atoms with Crippen LogP contribution in [0.25, 0.3) is 0 Å². The van der Waals surface area contributed by atoms with Crippen LogP contribution in [0.1, 0.15) is 41.4 Å². The number of benzene rings is 3. The molecule has 0 unspecified atom stereocenters. The number of carbonyl (C=O) groups is 4. The van der Waals surface area contributed by atoms with E-state index in [-0.39, 0.29) is 27.9 Å². The number of carboxylic acid groups (broad SMARTS) is 1. The lowest BCUT2D eigenvalue weighted by molar-refractivity contribution is 0.0696. The predicted molar refractivity (Wildman–Crippen MR) is 117 cm³/mol. The van der Waals surface area contributed by atoms with Crippen molar-refractivity contribution in [2.24, 2.45) is 0 Å². The Balaban J connectivity index is 1.89. The highest BCUT2D eigenvalue weighted by Gasteiger charge is 2.19. The number of aldehydes is 1. The molecule has 0 bridgehead atoms. The average Bonchev–Trinajstić information content (AvgIpc) is 2.78. The molecule has 0 aromatic heterocycles. The van der Waals surface area contributed by atoms with Gasteiger partial charge in [0.05, 0.1) is 11.1 Å². The number of nitrogens with one attached hydrogen (secondary N) is 1. The van der Waals surface area contributed by atoms with E-state index in [0.717, 1.165) is 0 Å². The van der Waals surface area contributed by atoms with Gasteiger partial charge >= 0.3 is 5.97 Å². The van der Waals surface area contributed by atoms with Crippen molar-refractivity contribution >= 4 is 41.1 Å². The van der Waals surface area contributed by atoms with E-state index in [1.54, 1.807) is 37.4 Å². The van der Waals surface area contributed by atoms with Gasteiger partial charge in [-0.1, -0.05) is 12.1 Å². The zero-order valence-corrected chi connectivity index (χ0v) is 16.5. The molecule has 31 heavy (non-hydrogen) atoms. The number of hydrogen-bond donors (Lipinski definition) is 3. The number of hydrogen-bond acceptors (Lipinski definition) is 5. The maximum Gasteiger partial charge on any atom is 0.335 e. The minimum atomic E-state index is -1.12. The number of carboxylic acids is 1. The second-order valence-electron chi connectivity index (χ2n) is 6.72. The molecule has 8 nitrogen and oxygen atoms in total. The number of aromatic carboxylic acids is 1. The van der Waals surface area contributed by atoms with Gasteiger partial charge in [-0.05, 0) is 54.6 Å². The molecule has 0 fully saturated rings. The fraction of sp³-hybridized carbons (Fsp3) is 0.0435. The summed E-state index contributed by atoms with van der Waals surface area (Å²) >= 11 is 0. The average molecular weight is 417 g/mol. The van der Waals surface area contributed by atoms with E-state index in [0.29, 0.717) is 17.7 Å². The topological polar surface area (TPSA) is 130 Å². The first-order chi connectivity index (χ1) is 14.8. The Labute approximate surface area is 177 Å². The van der Waals surface area contributed by atoms with Crippen LogP contribution in [0.2, 0.25) is 0 Å². The number of anilines is 3. The standard InChI is InChI=1S/C23H19N3O5/c1-26(19-9-7-17(24)8-10-19)22(29)20-12-14(5-6-16(20)13-27)21(28)25-18-4-2-3-15(11-18)23(30)31/h2-13H,24H2,1H3,(H,25,28)(H,30,31). The summed E-state index contributed by atoms with van der Waals surface area (Å²) in [5.41, 5.74) is 7.43. The van der Waals surface area contributed by atoms with Gasteiger partial charge in [-0.2, -0.15) is 0 Å². The van der Waals surface area contributed by atoms with Crippen molar-refractivity contribution in [1.82, 2.24) is 0 Å². The molecule has 8 heteroatoms. The molecule has 0 aliphatic heterocycles. The number of nitrogens with zero attached hydrogens (tertiary/aromatic N) is 1. The van der Waals surface area contributed by atoms with Crippen LogP contribution in [-0.4, -0.2) is 36.2 Å². The number of amides is 2. The Hall–Kier alpha value is -4.46. The lowest BCUT2D eigenvalue weighted by Crippen LogP contribution is -2.27. The molecule has 2 amide bonds. The fourth-order valence-electron chi connectivity index (χ4n) is 2.91. The van der Waals surface area contributed by atoms with E-state index in [1.165, 1.54) is 41.3 Å². The van der Waals surface area contributed by atoms with Gasteiger partial charge in [0.2, 0.25) is 0 Å². The van der Waals surface area contributed by atoms with E-state index in [9.17, 15) is 19.2 Å². The van der Waals surface area contributed by atoms with E-state index in [4.69, 9.17) is 10.8 Å². The largest absolute Gasteiger partial charge is 0.478 e. The zero-order valence-electron chi connectivity index (χ0n) is 16.5. The molecule has 3 aromatic carbocycles. The first-order valence-corrected chi connectivity index (χ1v) is 9.17. The van der Waals surface area contributed by atoms with Gasteiger partial charge in [0.15, 0.2) is 6.29 Å². The van der Waals surface area contributed by atoms with Crippen LogP contribution < -0.4 is 16.0 Å². The van der Waals surface area contributed by atoms with Crippen molar-refractivity contribution in [3.8, 4) is 0 Å². The normalized spacial score (nSPS) is 10.2. The minimum Gasteiger partial charge on any atom is -0.478 e. The molecule has 0 spiro atoms. The summed E-state index contributed by atoms with van der Waals surface area (Å²) in [6, 6.07) is 16.5. The van der Waals surface area contributed by atoms with Crippen molar-refractivity contribution < 1.29 is 24.3 Å². The van der Waals surface area contributed by atoms with Crippen LogP contribution in [0, 0.1) is 0 Å². The lowest BCUT2D eigenvalue weighted by atomic mass is 10.0. The number of nitrogens with two attached hydrogens (primary N) is 1. The van der Waals surface area contributed by atoms with Crippen molar-refractivity contribution in [3.05, 3.63) is 89.0 Å². The van der Waals surface area contributed by atoms with E-state index < -0.39 is 17.8 Å². The molecule has 0 atom stereocenters. The van der Waals surface area contributed by atoms with Gasteiger partial charge in [0.1, 0.15) is 0 Å². The molecule has 0 aliphatic carbocycles. The number of rotatable bonds is 6. The van der Waals surface area contributed by atoms with E-state index in [1.807, 2.05) is 0 Å².